The van der Waals surface area contributed by atoms with E-state index in [-0.39, 0.29) is 16.9 Å². The lowest BCUT2D eigenvalue weighted by Crippen LogP contribution is -2.48. The predicted molar refractivity (Wildman–Crippen MR) is 178 cm³/mol. The summed E-state index contributed by atoms with van der Waals surface area (Å²) in [6.07, 6.45) is 11.4. The Bertz CT molecular complexity index is 1530. The van der Waals surface area contributed by atoms with Crippen LogP contribution in [0.15, 0.2) is 48.8 Å². The molecular formula is C34H42ClFN6O4. The highest BCUT2D eigenvalue weighted by Gasteiger charge is 2.23. The molecule has 1 amide bonds. The van der Waals surface area contributed by atoms with Gasteiger partial charge in [0.1, 0.15) is 23.7 Å². The Morgan fingerprint density at radius 3 is 2.63 bits per heavy atom. The first-order chi connectivity index (χ1) is 22.4. The van der Waals surface area contributed by atoms with E-state index in [9.17, 15) is 14.0 Å². The van der Waals surface area contributed by atoms with Crippen molar-refractivity contribution in [3.8, 4) is 5.75 Å². The first kappa shape index (κ1) is 33.6. The second-order valence-electron chi connectivity index (χ2n) is 11.8. The fraction of sp³-hybridized carbons (Fsp3) is 0.471. The molecule has 5 rings (SSSR count). The van der Waals surface area contributed by atoms with Crippen LogP contribution in [0.5, 0.6) is 5.75 Å². The molecule has 1 aromatic heterocycles. The van der Waals surface area contributed by atoms with Crippen molar-refractivity contribution >= 4 is 51.6 Å². The number of carbonyl (C=O) groups excluding carboxylic acids is 2. The van der Waals surface area contributed by atoms with Gasteiger partial charge in [0.25, 0.3) is 0 Å². The Kier molecular flexibility index (Phi) is 12.2. The standard InChI is InChI=1S/C34H42ClFN6O4/c1-2-3-4-5-17-45-33(44)21-42-15-13-41(14-16-42)12-6-7-32(43)40-30-19-26-29(20-31(30)46-22-24-8-9-24)37-23-38-34(26)39-25-10-11-28(36)27(35)18-25/h6-7,10-11,18-20,23-24H,2-5,8-9,12-17,21-22H2,1H3,(H,40,43)(H,37,38,39). The molecule has 12 heteroatoms. The van der Waals surface area contributed by atoms with Crippen molar-refractivity contribution in [2.24, 2.45) is 5.92 Å². The number of unbranched alkanes of at least 4 members (excludes halogenated alkanes) is 3. The van der Waals surface area contributed by atoms with Crippen LogP contribution >= 0.6 is 11.6 Å². The zero-order valence-electron chi connectivity index (χ0n) is 26.3. The van der Waals surface area contributed by atoms with E-state index in [1.54, 1.807) is 18.2 Å². The van der Waals surface area contributed by atoms with Crippen molar-refractivity contribution in [1.82, 2.24) is 19.8 Å². The Morgan fingerprint density at radius 2 is 1.87 bits per heavy atom. The number of benzene rings is 2. The predicted octanol–water partition coefficient (Wildman–Crippen LogP) is 6.19. The molecule has 0 atom stereocenters. The number of nitrogens with zero attached hydrogens (tertiary/aromatic N) is 4. The lowest BCUT2D eigenvalue weighted by Gasteiger charge is -2.33. The summed E-state index contributed by atoms with van der Waals surface area (Å²) in [5, 5.41) is 6.78. The lowest BCUT2D eigenvalue weighted by atomic mass is 10.1. The molecule has 2 heterocycles. The average Bonchev–Trinajstić information content (AvgIpc) is 3.88. The molecule has 246 valence electrons. The molecule has 3 aromatic rings. The van der Waals surface area contributed by atoms with Crippen molar-refractivity contribution in [3.63, 3.8) is 0 Å². The Balaban J connectivity index is 1.16. The van der Waals surface area contributed by atoms with Gasteiger partial charge in [-0.2, -0.15) is 0 Å². The normalized spacial score (nSPS) is 15.7. The van der Waals surface area contributed by atoms with Crippen LogP contribution in [0.2, 0.25) is 5.02 Å². The van der Waals surface area contributed by atoms with Gasteiger partial charge < -0.3 is 20.1 Å². The summed E-state index contributed by atoms with van der Waals surface area (Å²) in [5.74, 6) is 0.574. The number of nitrogens with one attached hydrogen (secondary N) is 2. The topological polar surface area (TPSA) is 109 Å². The molecule has 2 aliphatic rings. The summed E-state index contributed by atoms with van der Waals surface area (Å²) in [6, 6.07) is 7.91. The van der Waals surface area contributed by atoms with Crippen LogP contribution < -0.4 is 15.4 Å². The number of piperazine rings is 1. The molecule has 2 aromatic carbocycles. The minimum Gasteiger partial charge on any atom is -0.491 e. The van der Waals surface area contributed by atoms with E-state index in [1.807, 2.05) is 6.08 Å². The van der Waals surface area contributed by atoms with E-state index in [0.717, 1.165) is 58.3 Å². The third kappa shape index (κ3) is 10.1. The first-order valence-corrected chi connectivity index (χ1v) is 16.5. The molecule has 0 bridgehead atoms. The SMILES string of the molecule is CCCCCCOC(=O)CN1CCN(CC=CC(=O)Nc2cc3c(Nc4ccc(F)c(Cl)c4)ncnc3cc2OCC2CC2)CC1. The number of rotatable bonds is 16. The largest absolute Gasteiger partial charge is 0.491 e. The Labute approximate surface area is 274 Å². The molecule has 2 fully saturated rings. The number of anilines is 3. The third-order valence-corrected chi connectivity index (χ3v) is 8.35. The van der Waals surface area contributed by atoms with Gasteiger partial charge in [0.2, 0.25) is 5.91 Å². The van der Waals surface area contributed by atoms with E-state index in [4.69, 9.17) is 21.1 Å². The number of carbonyl (C=O) groups is 2. The highest BCUT2D eigenvalue weighted by molar-refractivity contribution is 6.31. The van der Waals surface area contributed by atoms with E-state index in [1.165, 1.54) is 31.0 Å². The fourth-order valence-electron chi connectivity index (χ4n) is 5.16. The van der Waals surface area contributed by atoms with Gasteiger partial charge in [-0.1, -0.05) is 43.9 Å². The minimum absolute atomic E-state index is 0.00561. The van der Waals surface area contributed by atoms with Crippen LogP contribution in [-0.2, 0) is 14.3 Å². The van der Waals surface area contributed by atoms with Crippen molar-refractivity contribution in [3.05, 3.63) is 59.7 Å². The molecule has 1 saturated carbocycles. The number of halogens is 2. The number of aromatic nitrogens is 2. The van der Waals surface area contributed by atoms with Gasteiger partial charge in [-0.05, 0) is 49.4 Å². The van der Waals surface area contributed by atoms with Crippen LogP contribution in [0.25, 0.3) is 10.9 Å². The summed E-state index contributed by atoms with van der Waals surface area (Å²) in [7, 11) is 0. The molecule has 10 nitrogen and oxygen atoms in total. The quantitative estimate of drug-likeness (QED) is 0.106. The maximum Gasteiger partial charge on any atom is 0.320 e. The van der Waals surface area contributed by atoms with E-state index in [2.05, 4.69) is 37.3 Å². The molecule has 2 N–H and O–H groups in total. The fourth-order valence-corrected chi connectivity index (χ4v) is 5.34. The average molecular weight is 653 g/mol. The van der Waals surface area contributed by atoms with Gasteiger partial charge in [-0.15, -0.1) is 0 Å². The number of amides is 1. The first-order valence-electron chi connectivity index (χ1n) is 16.1. The molecule has 1 saturated heterocycles. The summed E-state index contributed by atoms with van der Waals surface area (Å²) in [4.78, 5) is 38.3. The monoisotopic (exact) mass is 652 g/mol. The van der Waals surface area contributed by atoms with E-state index in [0.29, 0.717) is 66.1 Å². The summed E-state index contributed by atoms with van der Waals surface area (Å²) in [5.41, 5.74) is 1.70. The van der Waals surface area contributed by atoms with E-state index < -0.39 is 5.82 Å². The second kappa shape index (κ2) is 16.7. The highest BCUT2D eigenvalue weighted by Crippen LogP contribution is 2.36. The summed E-state index contributed by atoms with van der Waals surface area (Å²) >= 11 is 5.97. The Hall–Kier alpha value is -3.80. The van der Waals surface area contributed by atoms with Crippen LogP contribution in [0.4, 0.5) is 21.6 Å². The van der Waals surface area contributed by atoms with Crippen LogP contribution in [0, 0.1) is 11.7 Å². The zero-order valence-corrected chi connectivity index (χ0v) is 27.0. The molecule has 1 aliphatic heterocycles. The van der Waals surface area contributed by atoms with Crippen LogP contribution in [-0.4, -0.2) is 84.1 Å². The van der Waals surface area contributed by atoms with Gasteiger partial charge in [0.15, 0.2) is 0 Å². The smallest absolute Gasteiger partial charge is 0.320 e. The molecule has 46 heavy (non-hydrogen) atoms. The maximum atomic E-state index is 13.7. The van der Waals surface area contributed by atoms with Gasteiger partial charge in [-0.25, -0.2) is 14.4 Å². The highest BCUT2D eigenvalue weighted by atomic mass is 35.5. The summed E-state index contributed by atoms with van der Waals surface area (Å²) in [6.45, 7) is 7.30. The number of esters is 1. The number of ether oxygens (including phenoxy) is 2. The lowest BCUT2D eigenvalue weighted by molar-refractivity contribution is -0.145. The summed E-state index contributed by atoms with van der Waals surface area (Å²) < 4.78 is 25.2. The van der Waals surface area contributed by atoms with Crippen molar-refractivity contribution in [1.29, 1.82) is 0 Å². The number of hydrogen-bond acceptors (Lipinski definition) is 9. The molecule has 0 spiro atoms. The molecular weight excluding hydrogens is 611 g/mol. The number of hydrogen-bond donors (Lipinski definition) is 2. The third-order valence-electron chi connectivity index (χ3n) is 8.06. The van der Waals surface area contributed by atoms with Crippen LogP contribution in [0.1, 0.15) is 45.4 Å². The van der Waals surface area contributed by atoms with Crippen molar-refractivity contribution in [2.45, 2.75) is 45.4 Å². The zero-order chi connectivity index (χ0) is 32.3. The van der Waals surface area contributed by atoms with E-state index >= 15 is 0 Å². The molecule has 0 unspecified atom stereocenters. The molecule has 0 radical (unpaired) electrons. The van der Waals surface area contributed by atoms with Crippen molar-refractivity contribution < 1.29 is 23.5 Å². The van der Waals surface area contributed by atoms with Gasteiger partial charge in [0, 0.05) is 55.9 Å². The van der Waals surface area contributed by atoms with Gasteiger partial charge >= 0.3 is 5.97 Å². The molecule has 1 aliphatic carbocycles. The Morgan fingerprint density at radius 1 is 1.07 bits per heavy atom. The minimum atomic E-state index is -0.511. The second-order valence-corrected chi connectivity index (χ2v) is 12.3. The number of fused-ring (bicyclic) bond motifs is 1. The maximum absolute atomic E-state index is 13.7. The van der Waals surface area contributed by atoms with Gasteiger partial charge in [0.05, 0.1) is 36.0 Å². The van der Waals surface area contributed by atoms with Crippen LogP contribution in [0.3, 0.4) is 0 Å². The van der Waals surface area contributed by atoms with Gasteiger partial charge in [-0.3, -0.25) is 19.4 Å². The van der Waals surface area contributed by atoms with Crippen molar-refractivity contribution in [2.75, 3.05) is 63.1 Å².